The zero-order chi connectivity index (χ0) is 15.2. The number of carbonyl (C=O) groups is 1. The van der Waals surface area contributed by atoms with Crippen LogP contribution in [0.25, 0.3) is 0 Å². The van der Waals surface area contributed by atoms with Crippen molar-refractivity contribution in [1.29, 1.82) is 5.26 Å². The predicted molar refractivity (Wildman–Crippen MR) is 76.5 cm³/mol. The van der Waals surface area contributed by atoms with Gasteiger partial charge in [0.2, 0.25) is 0 Å². The summed E-state index contributed by atoms with van der Waals surface area (Å²) in [4.78, 5) is 11.9. The van der Waals surface area contributed by atoms with Crippen LogP contribution in [-0.2, 0) is 6.42 Å². The fraction of sp³-hybridized carbons (Fsp3) is 0.176. The van der Waals surface area contributed by atoms with Gasteiger partial charge in [0.1, 0.15) is 0 Å². The molecule has 2 aromatic rings. The van der Waals surface area contributed by atoms with E-state index in [1.54, 1.807) is 12.1 Å². The van der Waals surface area contributed by atoms with Crippen LogP contribution in [0.15, 0.2) is 42.5 Å². The van der Waals surface area contributed by atoms with Crippen molar-refractivity contribution < 1.29 is 13.9 Å². The summed E-state index contributed by atoms with van der Waals surface area (Å²) in [7, 11) is 0. The van der Waals surface area contributed by atoms with E-state index in [-0.39, 0.29) is 11.3 Å². The Labute approximate surface area is 122 Å². The highest BCUT2D eigenvalue weighted by atomic mass is 19.1. The SMILES string of the molecule is CCCc1ccc(C(=O)Oc2ccc(C#N)cc2F)cc1. The van der Waals surface area contributed by atoms with Crippen LogP contribution in [0.3, 0.4) is 0 Å². The van der Waals surface area contributed by atoms with Crippen molar-refractivity contribution in [3.63, 3.8) is 0 Å². The molecule has 0 bridgehead atoms. The zero-order valence-corrected chi connectivity index (χ0v) is 11.6. The summed E-state index contributed by atoms with van der Waals surface area (Å²) in [6.45, 7) is 2.08. The number of esters is 1. The van der Waals surface area contributed by atoms with Crippen LogP contribution in [0, 0.1) is 17.1 Å². The van der Waals surface area contributed by atoms with E-state index in [1.165, 1.54) is 12.1 Å². The normalized spacial score (nSPS) is 9.95. The van der Waals surface area contributed by atoms with Gasteiger partial charge in [0.15, 0.2) is 11.6 Å². The maximum absolute atomic E-state index is 13.6. The van der Waals surface area contributed by atoms with Gasteiger partial charge in [0.25, 0.3) is 0 Å². The summed E-state index contributed by atoms with van der Waals surface area (Å²) in [6.07, 6.45) is 1.97. The second-order valence-corrected chi connectivity index (χ2v) is 4.59. The molecule has 0 radical (unpaired) electrons. The van der Waals surface area contributed by atoms with Crippen molar-refractivity contribution in [3.05, 3.63) is 65.0 Å². The van der Waals surface area contributed by atoms with Crippen LogP contribution < -0.4 is 4.74 Å². The maximum Gasteiger partial charge on any atom is 0.343 e. The number of hydrogen-bond acceptors (Lipinski definition) is 3. The summed E-state index contributed by atoms with van der Waals surface area (Å²) in [6, 6.07) is 12.6. The standard InChI is InChI=1S/C17H14FNO2/c1-2-3-12-4-7-14(8-5-12)17(20)21-16-9-6-13(11-19)10-15(16)18/h4-10H,2-3H2,1H3. The summed E-state index contributed by atoms with van der Waals surface area (Å²) in [5.74, 6) is -1.54. The highest BCUT2D eigenvalue weighted by Crippen LogP contribution is 2.19. The molecule has 0 aliphatic heterocycles. The monoisotopic (exact) mass is 283 g/mol. The number of rotatable bonds is 4. The van der Waals surface area contributed by atoms with Crippen molar-refractivity contribution in [3.8, 4) is 11.8 Å². The molecule has 106 valence electrons. The molecule has 3 nitrogen and oxygen atoms in total. The summed E-state index contributed by atoms with van der Waals surface area (Å²) < 4.78 is 18.7. The van der Waals surface area contributed by atoms with Crippen molar-refractivity contribution in [1.82, 2.24) is 0 Å². The molecular formula is C17H14FNO2. The van der Waals surface area contributed by atoms with Crippen LogP contribution in [0.4, 0.5) is 4.39 Å². The van der Waals surface area contributed by atoms with Gasteiger partial charge >= 0.3 is 5.97 Å². The van der Waals surface area contributed by atoms with Gasteiger partial charge in [-0.05, 0) is 42.3 Å². The van der Waals surface area contributed by atoms with Gasteiger partial charge in [-0.3, -0.25) is 0 Å². The third-order valence-electron chi connectivity index (χ3n) is 2.99. The Morgan fingerprint density at radius 3 is 2.52 bits per heavy atom. The van der Waals surface area contributed by atoms with Crippen molar-refractivity contribution in [2.45, 2.75) is 19.8 Å². The molecule has 0 aliphatic carbocycles. The molecule has 0 unspecified atom stereocenters. The van der Waals surface area contributed by atoms with E-state index in [4.69, 9.17) is 10.00 Å². The molecule has 4 heteroatoms. The van der Waals surface area contributed by atoms with E-state index < -0.39 is 11.8 Å². The Balaban J connectivity index is 2.12. The number of hydrogen-bond donors (Lipinski definition) is 0. The lowest BCUT2D eigenvalue weighted by Crippen LogP contribution is -2.09. The molecule has 0 saturated heterocycles. The molecule has 0 aliphatic rings. The number of carbonyl (C=O) groups excluding carboxylic acids is 1. The quantitative estimate of drug-likeness (QED) is 0.632. The molecule has 0 N–H and O–H groups in total. The van der Waals surface area contributed by atoms with E-state index in [1.807, 2.05) is 18.2 Å². The van der Waals surface area contributed by atoms with Crippen molar-refractivity contribution in [2.75, 3.05) is 0 Å². The number of aryl methyl sites for hydroxylation is 1. The van der Waals surface area contributed by atoms with Gasteiger partial charge in [0.05, 0.1) is 17.2 Å². The van der Waals surface area contributed by atoms with Crippen LogP contribution in [-0.4, -0.2) is 5.97 Å². The molecular weight excluding hydrogens is 269 g/mol. The Kier molecular flexibility index (Phi) is 4.68. The third-order valence-corrected chi connectivity index (χ3v) is 2.99. The minimum atomic E-state index is -0.731. The number of halogens is 1. The van der Waals surface area contributed by atoms with Gasteiger partial charge in [-0.15, -0.1) is 0 Å². The maximum atomic E-state index is 13.6. The third kappa shape index (κ3) is 3.67. The van der Waals surface area contributed by atoms with Crippen molar-refractivity contribution in [2.24, 2.45) is 0 Å². The van der Waals surface area contributed by atoms with Crippen LogP contribution in [0.2, 0.25) is 0 Å². The Morgan fingerprint density at radius 1 is 1.24 bits per heavy atom. The van der Waals surface area contributed by atoms with Crippen LogP contribution in [0.5, 0.6) is 5.75 Å². The van der Waals surface area contributed by atoms with Crippen LogP contribution in [0.1, 0.15) is 34.8 Å². The van der Waals surface area contributed by atoms with Gasteiger partial charge < -0.3 is 4.74 Å². The first-order valence-electron chi connectivity index (χ1n) is 6.65. The molecule has 21 heavy (non-hydrogen) atoms. The lowest BCUT2D eigenvalue weighted by Gasteiger charge is -2.06. The van der Waals surface area contributed by atoms with Gasteiger partial charge in [0, 0.05) is 0 Å². The average molecular weight is 283 g/mol. The Morgan fingerprint density at radius 2 is 1.95 bits per heavy atom. The largest absolute Gasteiger partial charge is 0.420 e. The van der Waals surface area contributed by atoms with E-state index in [0.29, 0.717) is 5.56 Å². The number of ether oxygens (including phenoxy) is 1. The summed E-state index contributed by atoms with van der Waals surface area (Å²) in [5.41, 5.74) is 1.67. The molecule has 2 rings (SSSR count). The first kappa shape index (κ1) is 14.7. The van der Waals surface area contributed by atoms with E-state index in [9.17, 15) is 9.18 Å². The first-order chi connectivity index (χ1) is 10.1. The molecule has 0 atom stereocenters. The van der Waals surface area contributed by atoms with Crippen molar-refractivity contribution >= 4 is 5.97 Å². The average Bonchev–Trinajstić information content (AvgIpc) is 2.50. The fourth-order valence-electron chi connectivity index (χ4n) is 1.91. The number of benzene rings is 2. The molecule has 2 aromatic carbocycles. The topological polar surface area (TPSA) is 50.1 Å². The van der Waals surface area contributed by atoms with E-state index in [2.05, 4.69) is 6.92 Å². The van der Waals surface area contributed by atoms with Gasteiger partial charge in [-0.25, -0.2) is 9.18 Å². The minimum absolute atomic E-state index is 0.177. The minimum Gasteiger partial charge on any atom is -0.420 e. The smallest absolute Gasteiger partial charge is 0.343 e. The second kappa shape index (κ2) is 6.67. The van der Waals surface area contributed by atoms with E-state index in [0.717, 1.165) is 24.5 Å². The highest BCUT2D eigenvalue weighted by molar-refractivity contribution is 5.91. The zero-order valence-electron chi connectivity index (χ0n) is 11.6. The predicted octanol–water partition coefficient (Wildman–Crippen LogP) is 3.87. The van der Waals surface area contributed by atoms with Gasteiger partial charge in [-0.1, -0.05) is 25.5 Å². The Bertz CT molecular complexity index is 687. The fourth-order valence-corrected chi connectivity index (χ4v) is 1.91. The molecule has 0 fully saturated rings. The number of nitriles is 1. The van der Waals surface area contributed by atoms with Crippen LogP contribution >= 0.6 is 0 Å². The molecule has 0 saturated carbocycles. The molecule has 0 spiro atoms. The van der Waals surface area contributed by atoms with E-state index >= 15 is 0 Å². The highest BCUT2D eigenvalue weighted by Gasteiger charge is 2.12. The Hall–Kier alpha value is -2.67. The number of nitrogens with zero attached hydrogens (tertiary/aromatic N) is 1. The molecule has 0 aromatic heterocycles. The van der Waals surface area contributed by atoms with Gasteiger partial charge in [-0.2, -0.15) is 5.26 Å². The molecule has 0 heterocycles. The lowest BCUT2D eigenvalue weighted by molar-refractivity contribution is 0.0728. The molecule has 0 amide bonds. The summed E-state index contributed by atoms with van der Waals surface area (Å²) >= 11 is 0. The summed E-state index contributed by atoms with van der Waals surface area (Å²) in [5, 5.41) is 8.66. The lowest BCUT2D eigenvalue weighted by atomic mass is 10.1. The second-order valence-electron chi connectivity index (χ2n) is 4.59. The first-order valence-corrected chi connectivity index (χ1v) is 6.65.